The molecule has 0 aliphatic rings. The van der Waals surface area contributed by atoms with Crippen LogP contribution in [0.5, 0.6) is 0 Å². The molecule has 1 aromatic heterocycles. The fourth-order valence-electron chi connectivity index (χ4n) is 2.29. The number of fused-ring (bicyclic) bond motifs is 1. The highest BCUT2D eigenvalue weighted by Gasteiger charge is 2.20. The number of nitrogens with one attached hydrogen (secondary N) is 1. The Labute approximate surface area is 138 Å². The summed E-state index contributed by atoms with van der Waals surface area (Å²) in [5.74, 6) is -0.567. The van der Waals surface area contributed by atoms with Crippen molar-refractivity contribution in [2.24, 2.45) is 0 Å². The Morgan fingerprint density at radius 2 is 1.96 bits per heavy atom. The number of rotatable bonds is 3. The molecule has 7 heteroatoms. The summed E-state index contributed by atoms with van der Waals surface area (Å²) in [6.45, 7) is 1.74. The maximum atomic E-state index is 13.8. The van der Waals surface area contributed by atoms with E-state index in [4.69, 9.17) is 11.6 Å². The summed E-state index contributed by atoms with van der Waals surface area (Å²) in [4.78, 5) is 3.88. The van der Waals surface area contributed by atoms with Crippen LogP contribution in [0, 0.1) is 12.7 Å². The lowest BCUT2D eigenvalue weighted by atomic mass is 10.2. The van der Waals surface area contributed by atoms with Gasteiger partial charge in [-0.2, -0.15) is 0 Å². The monoisotopic (exact) mass is 350 g/mol. The van der Waals surface area contributed by atoms with Crippen LogP contribution < -0.4 is 4.72 Å². The summed E-state index contributed by atoms with van der Waals surface area (Å²) >= 11 is 5.87. The van der Waals surface area contributed by atoms with Gasteiger partial charge in [0, 0.05) is 16.6 Å². The van der Waals surface area contributed by atoms with Crippen LogP contribution in [-0.2, 0) is 10.0 Å². The maximum absolute atomic E-state index is 13.8. The summed E-state index contributed by atoms with van der Waals surface area (Å²) in [6.07, 6.45) is 1.42. The van der Waals surface area contributed by atoms with Gasteiger partial charge in [0.2, 0.25) is 0 Å². The van der Waals surface area contributed by atoms with Gasteiger partial charge in [0.05, 0.1) is 10.6 Å². The van der Waals surface area contributed by atoms with Crippen molar-refractivity contribution in [3.8, 4) is 0 Å². The topological polar surface area (TPSA) is 59.1 Å². The van der Waals surface area contributed by atoms with Crippen LogP contribution >= 0.6 is 11.6 Å². The van der Waals surface area contributed by atoms with Crippen molar-refractivity contribution in [1.82, 2.24) is 4.98 Å². The fraction of sp³-hybridized carbons (Fsp3) is 0.0625. The van der Waals surface area contributed by atoms with E-state index in [1.807, 2.05) is 0 Å². The number of nitrogens with zero attached hydrogens (tertiary/aromatic N) is 1. The standard InChI is InChI=1S/C16H12ClFN2O2S/c1-10-9-11(17)4-6-14(10)20-23(21,22)15-7-5-13(18)16-12(15)3-2-8-19-16/h2-9,20H,1H3. The van der Waals surface area contributed by atoms with Crippen LogP contribution in [0.2, 0.25) is 5.02 Å². The van der Waals surface area contributed by atoms with E-state index in [1.54, 1.807) is 31.2 Å². The summed E-state index contributed by atoms with van der Waals surface area (Å²) in [7, 11) is -3.89. The van der Waals surface area contributed by atoms with Crippen LogP contribution in [0.3, 0.4) is 0 Å². The van der Waals surface area contributed by atoms with Crippen molar-refractivity contribution >= 4 is 38.2 Å². The van der Waals surface area contributed by atoms with Gasteiger partial charge in [0.15, 0.2) is 0 Å². The molecule has 3 rings (SSSR count). The smallest absolute Gasteiger partial charge is 0.262 e. The lowest BCUT2D eigenvalue weighted by Gasteiger charge is -2.12. The first-order valence-electron chi connectivity index (χ1n) is 6.71. The second-order valence-electron chi connectivity index (χ2n) is 5.01. The molecule has 0 bridgehead atoms. The van der Waals surface area contributed by atoms with E-state index in [9.17, 15) is 12.8 Å². The Bertz CT molecular complexity index is 1010. The minimum Gasteiger partial charge on any atom is -0.279 e. The minimum atomic E-state index is -3.89. The lowest BCUT2D eigenvalue weighted by Crippen LogP contribution is -2.14. The van der Waals surface area contributed by atoms with Crippen LogP contribution in [0.25, 0.3) is 10.9 Å². The van der Waals surface area contributed by atoms with E-state index in [1.165, 1.54) is 18.3 Å². The summed E-state index contributed by atoms with van der Waals surface area (Å²) in [6, 6.07) is 10.2. The second kappa shape index (κ2) is 5.79. The molecule has 1 heterocycles. The number of halogens is 2. The summed E-state index contributed by atoms with van der Waals surface area (Å²) < 4.78 is 41.6. The molecule has 0 atom stereocenters. The zero-order chi connectivity index (χ0) is 16.6. The lowest BCUT2D eigenvalue weighted by molar-refractivity contribution is 0.601. The molecule has 0 fully saturated rings. The molecule has 0 amide bonds. The molecule has 1 N–H and O–H groups in total. The number of anilines is 1. The van der Waals surface area contributed by atoms with E-state index >= 15 is 0 Å². The molecule has 23 heavy (non-hydrogen) atoms. The van der Waals surface area contributed by atoms with Crippen molar-refractivity contribution in [1.29, 1.82) is 0 Å². The van der Waals surface area contributed by atoms with E-state index < -0.39 is 15.8 Å². The Morgan fingerprint density at radius 1 is 1.17 bits per heavy atom. The van der Waals surface area contributed by atoms with Crippen molar-refractivity contribution in [2.75, 3.05) is 4.72 Å². The van der Waals surface area contributed by atoms with Crippen LogP contribution in [-0.4, -0.2) is 13.4 Å². The van der Waals surface area contributed by atoms with Gasteiger partial charge in [-0.1, -0.05) is 11.6 Å². The largest absolute Gasteiger partial charge is 0.279 e. The van der Waals surface area contributed by atoms with E-state index in [0.717, 1.165) is 6.07 Å². The molecule has 0 saturated heterocycles. The number of hydrogen-bond donors (Lipinski definition) is 1. The predicted molar refractivity (Wildman–Crippen MR) is 88.7 cm³/mol. The van der Waals surface area contributed by atoms with Crippen molar-refractivity contribution in [3.63, 3.8) is 0 Å². The van der Waals surface area contributed by atoms with E-state index in [2.05, 4.69) is 9.71 Å². The molecule has 0 aliphatic heterocycles. The zero-order valence-electron chi connectivity index (χ0n) is 12.0. The number of aryl methyl sites for hydroxylation is 1. The van der Waals surface area contributed by atoms with Crippen LogP contribution in [0.15, 0.2) is 53.6 Å². The SMILES string of the molecule is Cc1cc(Cl)ccc1NS(=O)(=O)c1ccc(F)c2ncccc12. The van der Waals surface area contributed by atoms with Gasteiger partial charge in [-0.3, -0.25) is 9.71 Å². The van der Waals surface area contributed by atoms with Crippen LogP contribution in [0.1, 0.15) is 5.56 Å². The summed E-state index contributed by atoms with van der Waals surface area (Å²) in [5.41, 5.74) is 1.12. The average Bonchev–Trinajstić information content (AvgIpc) is 2.50. The molecule has 0 radical (unpaired) electrons. The molecule has 2 aromatic carbocycles. The predicted octanol–water partition coefficient (Wildman–Crippen LogP) is 4.14. The maximum Gasteiger partial charge on any atom is 0.262 e. The molecule has 0 aliphatic carbocycles. The highest BCUT2D eigenvalue weighted by atomic mass is 35.5. The van der Waals surface area contributed by atoms with Gasteiger partial charge in [-0.15, -0.1) is 0 Å². The van der Waals surface area contributed by atoms with Gasteiger partial charge in [0.25, 0.3) is 10.0 Å². The van der Waals surface area contributed by atoms with Gasteiger partial charge in [0.1, 0.15) is 11.3 Å². The highest BCUT2D eigenvalue weighted by Crippen LogP contribution is 2.27. The van der Waals surface area contributed by atoms with E-state index in [-0.39, 0.29) is 15.8 Å². The quantitative estimate of drug-likeness (QED) is 0.772. The Balaban J connectivity index is 2.12. The molecule has 0 spiro atoms. The van der Waals surface area contributed by atoms with Gasteiger partial charge in [-0.05, 0) is 55.0 Å². The molecule has 0 unspecified atom stereocenters. The zero-order valence-corrected chi connectivity index (χ0v) is 13.6. The van der Waals surface area contributed by atoms with E-state index in [0.29, 0.717) is 16.3 Å². The number of hydrogen-bond acceptors (Lipinski definition) is 3. The molecular weight excluding hydrogens is 339 g/mol. The third kappa shape index (κ3) is 3.00. The van der Waals surface area contributed by atoms with Crippen LogP contribution in [0.4, 0.5) is 10.1 Å². The minimum absolute atomic E-state index is 0.0169. The first-order valence-corrected chi connectivity index (χ1v) is 8.57. The van der Waals surface area contributed by atoms with Gasteiger partial charge in [-0.25, -0.2) is 12.8 Å². The third-order valence-corrected chi connectivity index (χ3v) is 5.06. The second-order valence-corrected chi connectivity index (χ2v) is 7.10. The highest BCUT2D eigenvalue weighted by molar-refractivity contribution is 7.93. The average molecular weight is 351 g/mol. The van der Waals surface area contributed by atoms with Crippen molar-refractivity contribution in [2.45, 2.75) is 11.8 Å². The van der Waals surface area contributed by atoms with Gasteiger partial charge >= 0.3 is 0 Å². The number of benzene rings is 2. The summed E-state index contributed by atoms with van der Waals surface area (Å²) in [5, 5.41) is 0.744. The van der Waals surface area contributed by atoms with Gasteiger partial charge < -0.3 is 0 Å². The Kier molecular flexibility index (Phi) is 3.95. The number of aromatic nitrogens is 1. The fourth-order valence-corrected chi connectivity index (χ4v) is 3.84. The first-order chi connectivity index (χ1) is 10.9. The molecule has 4 nitrogen and oxygen atoms in total. The molecule has 118 valence electrons. The normalized spacial score (nSPS) is 11.6. The first kappa shape index (κ1) is 15.7. The Hall–Kier alpha value is -2.18. The molecule has 0 saturated carbocycles. The molecule has 3 aromatic rings. The number of sulfonamides is 1. The molecular formula is C16H12ClFN2O2S. The third-order valence-electron chi connectivity index (χ3n) is 3.40. The van der Waals surface area contributed by atoms with Crippen molar-refractivity contribution < 1.29 is 12.8 Å². The van der Waals surface area contributed by atoms with Crippen molar-refractivity contribution in [3.05, 3.63) is 65.1 Å². The Morgan fingerprint density at radius 3 is 2.70 bits per heavy atom. The number of pyridine rings is 1.